The normalized spacial score (nSPS) is 29.9. The second-order valence-electron chi connectivity index (χ2n) is 4.89. The summed E-state index contributed by atoms with van der Waals surface area (Å²) in [6.45, 7) is 6.99. The number of hydrogen-bond donors (Lipinski definition) is 1. The Morgan fingerprint density at radius 2 is 1.93 bits per heavy atom. The first-order chi connectivity index (χ1) is 6.66. The van der Waals surface area contributed by atoms with E-state index >= 15 is 0 Å². The Morgan fingerprint density at radius 1 is 1.21 bits per heavy atom. The molecule has 0 aromatic carbocycles. The van der Waals surface area contributed by atoms with Crippen molar-refractivity contribution >= 4 is 0 Å². The monoisotopic (exact) mass is 195 g/mol. The first kappa shape index (κ1) is 11.6. The molecule has 0 aromatic rings. The quantitative estimate of drug-likeness (QED) is 0.708. The third-order valence-corrected chi connectivity index (χ3v) is 3.47. The van der Waals surface area contributed by atoms with Crippen molar-refractivity contribution in [3.63, 3.8) is 0 Å². The zero-order valence-electron chi connectivity index (χ0n) is 10.2. The van der Waals surface area contributed by atoms with Crippen molar-refractivity contribution < 1.29 is 0 Å². The number of rotatable bonds is 2. The van der Waals surface area contributed by atoms with E-state index in [9.17, 15) is 0 Å². The molecule has 1 nitrogen and oxygen atoms in total. The van der Waals surface area contributed by atoms with E-state index in [1.165, 1.54) is 37.8 Å². The van der Waals surface area contributed by atoms with Gasteiger partial charge < -0.3 is 5.32 Å². The van der Waals surface area contributed by atoms with Gasteiger partial charge in [-0.25, -0.2) is 0 Å². The molecule has 1 rings (SSSR count). The molecule has 82 valence electrons. The Hall–Kier alpha value is -0.460. The number of nitrogens with one attached hydrogen (secondary N) is 1. The molecule has 0 heterocycles. The van der Waals surface area contributed by atoms with Gasteiger partial charge in [0.1, 0.15) is 0 Å². The molecule has 0 aliphatic heterocycles. The minimum absolute atomic E-state index is 0.764. The Kier molecular flexibility index (Phi) is 4.50. The number of allylic oxidation sites excluding steroid dienone is 2. The topological polar surface area (TPSA) is 12.0 Å². The van der Waals surface area contributed by atoms with Crippen molar-refractivity contribution in [1.82, 2.24) is 5.32 Å². The highest BCUT2D eigenvalue weighted by atomic mass is 14.8. The highest BCUT2D eigenvalue weighted by Gasteiger charge is 2.20. The van der Waals surface area contributed by atoms with Gasteiger partial charge in [-0.05, 0) is 32.1 Å². The predicted molar refractivity (Wildman–Crippen MR) is 63.2 cm³/mol. The van der Waals surface area contributed by atoms with Gasteiger partial charge in [0.15, 0.2) is 0 Å². The molecule has 0 amide bonds. The highest BCUT2D eigenvalue weighted by Crippen LogP contribution is 2.30. The van der Waals surface area contributed by atoms with E-state index in [0.29, 0.717) is 0 Å². The minimum atomic E-state index is 0.764. The summed E-state index contributed by atoms with van der Waals surface area (Å²) in [6.07, 6.45) is 6.85. The van der Waals surface area contributed by atoms with Gasteiger partial charge in [0, 0.05) is 18.7 Å². The molecule has 0 aromatic heterocycles. The van der Waals surface area contributed by atoms with Crippen LogP contribution >= 0.6 is 0 Å². The van der Waals surface area contributed by atoms with Gasteiger partial charge in [-0.1, -0.05) is 32.3 Å². The Labute approximate surface area is 89.0 Å². The third kappa shape index (κ3) is 2.76. The van der Waals surface area contributed by atoms with E-state index < -0.39 is 0 Å². The molecule has 1 atom stereocenters. The number of hydrogen-bond acceptors (Lipinski definition) is 1. The van der Waals surface area contributed by atoms with Crippen molar-refractivity contribution in [2.45, 2.75) is 52.9 Å². The third-order valence-electron chi connectivity index (χ3n) is 3.47. The maximum atomic E-state index is 3.43. The average molecular weight is 195 g/mol. The molecule has 0 spiro atoms. The maximum Gasteiger partial charge on any atom is 0.0127 e. The molecule has 1 aliphatic carbocycles. The summed E-state index contributed by atoms with van der Waals surface area (Å²) in [5, 5.41) is 3.43. The van der Waals surface area contributed by atoms with Crippen molar-refractivity contribution in [2.75, 3.05) is 7.05 Å². The van der Waals surface area contributed by atoms with Crippen LogP contribution in [0.1, 0.15) is 52.9 Å². The van der Waals surface area contributed by atoms with Crippen LogP contribution in [0.25, 0.3) is 0 Å². The van der Waals surface area contributed by atoms with Crippen LogP contribution in [0.5, 0.6) is 0 Å². The summed E-state index contributed by atoms with van der Waals surface area (Å²) in [7, 11) is 2.08. The van der Waals surface area contributed by atoms with Crippen LogP contribution in [0.2, 0.25) is 0 Å². The fraction of sp³-hybridized carbons (Fsp3) is 0.846. The van der Waals surface area contributed by atoms with Gasteiger partial charge in [-0.15, -0.1) is 0 Å². The van der Waals surface area contributed by atoms with Crippen LogP contribution in [-0.4, -0.2) is 7.05 Å². The maximum absolute atomic E-state index is 3.43. The summed E-state index contributed by atoms with van der Waals surface area (Å²) < 4.78 is 0. The first-order valence-corrected chi connectivity index (χ1v) is 6.04. The van der Waals surface area contributed by atoms with Crippen LogP contribution in [0.4, 0.5) is 0 Å². The van der Waals surface area contributed by atoms with E-state index in [-0.39, 0.29) is 0 Å². The fourth-order valence-corrected chi connectivity index (χ4v) is 2.59. The highest BCUT2D eigenvalue weighted by molar-refractivity contribution is 5.14. The fourth-order valence-electron chi connectivity index (χ4n) is 2.59. The minimum Gasteiger partial charge on any atom is -0.391 e. The van der Waals surface area contributed by atoms with Crippen molar-refractivity contribution in [3.8, 4) is 0 Å². The van der Waals surface area contributed by atoms with Gasteiger partial charge >= 0.3 is 0 Å². The van der Waals surface area contributed by atoms with Crippen molar-refractivity contribution in [3.05, 3.63) is 11.3 Å². The van der Waals surface area contributed by atoms with Crippen LogP contribution in [0.3, 0.4) is 0 Å². The van der Waals surface area contributed by atoms with E-state index in [2.05, 4.69) is 33.1 Å². The second-order valence-corrected chi connectivity index (χ2v) is 4.89. The predicted octanol–water partition coefficient (Wildman–Crippen LogP) is 3.72. The van der Waals surface area contributed by atoms with Gasteiger partial charge in [-0.2, -0.15) is 0 Å². The molecule has 0 saturated carbocycles. The lowest BCUT2D eigenvalue weighted by atomic mass is 9.83. The Balaban J connectivity index is 2.85. The van der Waals surface area contributed by atoms with Crippen LogP contribution in [0.15, 0.2) is 11.3 Å². The van der Waals surface area contributed by atoms with Gasteiger partial charge in [0.05, 0.1) is 0 Å². The van der Waals surface area contributed by atoms with Gasteiger partial charge in [0.25, 0.3) is 0 Å². The van der Waals surface area contributed by atoms with E-state index in [0.717, 1.165) is 11.8 Å². The van der Waals surface area contributed by atoms with E-state index in [1.54, 1.807) is 5.57 Å². The molecule has 1 heteroatoms. The summed E-state index contributed by atoms with van der Waals surface area (Å²) in [6, 6.07) is 0. The molecule has 0 fully saturated rings. The van der Waals surface area contributed by atoms with Gasteiger partial charge in [-0.3, -0.25) is 0 Å². The molecule has 1 unspecified atom stereocenters. The van der Waals surface area contributed by atoms with Crippen LogP contribution in [0, 0.1) is 11.8 Å². The Morgan fingerprint density at radius 3 is 2.50 bits per heavy atom. The molecule has 0 bridgehead atoms. The second kappa shape index (κ2) is 5.43. The Bertz CT molecular complexity index is 203. The molecular weight excluding hydrogens is 170 g/mol. The molecule has 14 heavy (non-hydrogen) atoms. The van der Waals surface area contributed by atoms with Crippen LogP contribution < -0.4 is 5.32 Å². The molecule has 1 aliphatic rings. The summed E-state index contributed by atoms with van der Waals surface area (Å²) >= 11 is 0. The lowest BCUT2D eigenvalue weighted by Gasteiger charge is -2.28. The van der Waals surface area contributed by atoms with Crippen molar-refractivity contribution in [2.24, 2.45) is 11.8 Å². The zero-order valence-corrected chi connectivity index (χ0v) is 10.2. The van der Waals surface area contributed by atoms with E-state index in [1.807, 2.05) is 0 Å². The largest absolute Gasteiger partial charge is 0.391 e. The lowest BCUT2D eigenvalue weighted by molar-refractivity contribution is 0.370. The lowest BCUT2D eigenvalue weighted by Crippen LogP contribution is -2.23. The van der Waals surface area contributed by atoms with Gasteiger partial charge in [0.2, 0.25) is 0 Å². The molecule has 1 N–H and O–H groups in total. The SMILES string of the molecule is CN/C1=C(\C)CCCCCC1C(C)C. The molecular formula is C13H25N. The molecule has 0 radical (unpaired) electrons. The van der Waals surface area contributed by atoms with Crippen molar-refractivity contribution in [1.29, 1.82) is 0 Å². The standard InChI is InChI=1S/C13H25N/c1-10(2)12-9-7-5-6-8-11(3)13(12)14-4/h10,12,14H,5-9H2,1-4H3/b13-11+. The first-order valence-electron chi connectivity index (χ1n) is 6.04. The summed E-state index contributed by atoms with van der Waals surface area (Å²) in [5.41, 5.74) is 3.12. The average Bonchev–Trinajstić information content (AvgIpc) is 2.11. The van der Waals surface area contributed by atoms with Crippen LogP contribution in [-0.2, 0) is 0 Å². The zero-order chi connectivity index (χ0) is 10.6. The molecule has 0 saturated heterocycles. The summed E-state index contributed by atoms with van der Waals surface area (Å²) in [5.74, 6) is 1.53. The van der Waals surface area contributed by atoms with E-state index in [4.69, 9.17) is 0 Å². The smallest absolute Gasteiger partial charge is 0.0127 e. The summed E-state index contributed by atoms with van der Waals surface area (Å²) in [4.78, 5) is 0.